The second-order valence-corrected chi connectivity index (χ2v) is 10.8. The molecule has 0 N–H and O–H groups in total. The number of ether oxygens (including phenoxy) is 4. The summed E-state index contributed by atoms with van der Waals surface area (Å²) >= 11 is 0. The van der Waals surface area contributed by atoms with Gasteiger partial charge in [0.25, 0.3) is 0 Å². The summed E-state index contributed by atoms with van der Waals surface area (Å²) in [7, 11) is 0. The molecule has 2 aromatic carbocycles. The molecule has 6 rings (SSSR count). The second-order valence-electron chi connectivity index (χ2n) is 10.8. The SMILES string of the molecule is CCOC(=O)[C@@H]1C2C(=O)N(Cc3ccccc3)C(=O)C2[C@@H](C2=C[C@H]3OC(C)(C)O[C@H]3O2)N1Cc1ccccc1. The molecule has 3 saturated heterocycles. The van der Waals surface area contributed by atoms with Gasteiger partial charge in [-0.1, -0.05) is 60.7 Å². The lowest BCUT2D eigenvalue weighted by Gasteiger charge is -2.33. The Labute approximate surface area is 227 Å². The van der Waals surface area contributed by atoms with Gasteiger partial charge in [-0.05, 0) is 38.0 Å². The Bertz CT molecular complexity index is 1290. The van der Waals surface area contributed by atoms with Gasteiger partial charge in [-0.25, -0.2) is 0 Å². The average Bonchev–Trinajstić information content (AvgIpc) is 3.59. The Morgan fingerprint density at radius 3 is 2.13 bits per heavy atom. The van der Waals surface area contributed by atoms with Crippen molar-refractivity contribution >= 4 is 17.8 Å². The highest BCUT2D eigenvalue weighted by Crippen LogP contribution is 2.49. The highest BCUT2D eigenvalue weighted by atomic mass is 16.8. The maximum Gasteiger partial charge on any atom is 0.324 e. The first-order chi connectivity index (χ1) is 18.8. The summed E-state index contributed by atoms with van der Waals surface area (Å²) in [6.45, 7) is 5.97. The van der Waals surface area contributed by atoms with E-state index in [1.54, 1.807) is 6.92 Å². The highest BCUT2D eigenvalue weighted by molar-refractivity contribution is 6.08. The van der Waals surface area contributed by atoms with Crippen LogP contribution >= 0.6 is 0 Å². The number of imide groups is 1. The van der Waals surface area contributed by atoms with Crippen molar-refractivity contribution in [2.75, 3.05) is 6.61 Å². The molecule has 2 aromatic rings. The number of benzene rings is 2. The van der Waals surface area contributed by atoms with Crippen molar-refractivity contribution in [3.8, 4) is 0 Å². The van der Waals surface area contributed by atoms with Gasteiger partial charge in [0, 0.05) is 6.54 Å². The van der Waals surface area contributed by atoms with Gasteiger partial charge in [0.2, 0.25) is 18.1 Å². The lowest BCUT2D eigenvalue weighted by atomic mass is 9.88. The fraction of sp³-hybridized carbons (Fsp3) is 0.433. The molecule has 0 bridgehead atoms. The first kappa shape index (κ1) is 25.7. The van der Waals surface area contributed by atoms with Gasteiger partial charge in [-0.2, -0.15) is 0 Å². The topological polar surface area (TPSA) is 94.6 Å². The lowest BCUT2D eigenvalue weighted by molar-refractivity contribution is -0.184. The molecule has 3 fully saturated rings. The van der Waals surface area contributed by atoms with E-state index in [1.807, 2.05) is 85.5 Å². The summed E-state index contributed by atoms with van der Waals surface area (Å²) in [6.07, 6.45) is 0.701. The summed E-state index contributed by atoms with van der Waals surface area (Å²) in [4.78, 5) is 44.6. The normalized spacial score (nSPS) is 31.2. The molecule has 9 heteroatoms. The number of carbonyl (C=O) groups excluding carboxylic acids is 3. The van der Waals surface area contributed by atoms with E-state index >= 15 is 0 Å². The predicted octanol–water partition coefficient (Wildman–Crippen LogP) is 3.00. The number of carbonyl (C=O) groups is 3. The zero-order chi connectivity index (χ0) is 27.3. The van der Waals surface area contributed by atoms with Crippen LogP contribution in [0.15, 0.2) is 72.5 Å². The van der Waals surface area contributed by atoms with Crippen molar-refractivity contribution in [3.05, 3.63) is 83.6 Å². The summed E-state index contributed by atoms with van der Waals surface area (Å²) in [5.41, 5.74) is 1.77. The van der Waals surface area contributed by atoms with E-state index in [-0.39, 0.29) is 25.0 Å². The number of rotatable bonds is 7. The molecule has 0 aliphatic carbocycles. The van der Waals surface area contributed by atoms with Gasteiger partial charge in [-0.3, -0.25) is 24.2 Å². The van der Waals surface area contributed by atoms with Crippen LogP contribution in [0.2, 0.25) is 0 Å². The summed E-state index contributed by atoms with van der Waals surface area (Å²) in [5.74, 6) is -3.29. The molecule has 0 spiro atoms. The van der Waals surface area contributed by atoms with E-state index in [1.165, 1.54) is 4.90 Å². The molecule has 0 saturated carbocycles. The molecular weight excluding hydrogens is 500 g/mol. The third kappa shape index (κ3) is 4.54. The molecule has 2 amide bonds. The summed E-state index contributed by atoms with van der Waals surface area (Å²) in [6, 6.07) is 17.4. The van der Waals surface area contributed by atoms with E-state index in [0.717, 1.165) is 11.1 Å². The first-order valence-electron chi connectivity index (χ1n) is 13.4. The van der Waals surface area contributed by atoms with Crippen molar-refractivity contribution < 1.29 is 33.3 Å². The molecular formula is C30H32N2O7. The maximum absolute atomic E-state index is 14.0. The minimum absolute atomic E-state index is 0.137. The van der Waals surface area contributed by atoms with Crippen LogP contribution in [0.3, 0.4) is 0 Å². The Hall–Kier alpha value is -3.53. The Balaban J connectivity index is 1.41. The minimum atomic E-state index is -0.958. The van der Waals surface area contributed by atoms with Crippen LogP contribution in [-0.2, 0) is 46.4 Å². The fourth-order valence-corrected chi connectivity index (χ4v) is 6.25. The molecule has 4 heterocycles. The van der Waals surface area contributed by atoms with Crippen molar-refractivity contribution in [2.24, 2.45) is 11.8 Å². The van der Waals surface area contributed by atoms with Crippen LogP contribution in [0.1, 0.15) is 31.9 Å². The van der Waals surface area contributed by atoms with Crippen molar-refractivity contribution in [1.82, 2.24) is 9.80 Å². The molecule has 0 radical (unpaired) electrons. The van der Waals surface area contributed by atoms with Crippen molar-refractivity contribution in [1.29, 1.82) is 0 Å². The Morgan fingerprint density at radius 1 is 0.897 bits per heavy atom. The predicted molar refractivity (Wildman–Crippen MR) is 138 cm³/mol. The number of nitrogens with zero attached hydrogens (tertiary/aromatic N) is 2. The smallest absolute Gasteiger partial charge is 0.324 e. The number of esters is 1. The molecule has 0 aromatic heterocycles. The number of hydrogen-bond donors (Lipinski definition) is 0. The summed E-state index contributed by atoms with van der Waals surface area (Å²) < 4.78 is 23.6. The molecule has 6 atom stereocenters. The number of likely N-dealkylation sites (tertiary alicyclic amines) is 2. The molecule has 2 unspecified atom stereocenters. The lowest BCUT2D eigenvalue weighted by Crippen LogP contribution is -2.48. The fourth-order valence-electron chi connectivity index (χ4n) is 6.25. The van der Waals surface area contributed by atoms with Crippen LogP contribution in [0, 0.1) is 11.8 Å². The number of fused-ring (bicyclic) bond motifs is 2. The third-order valence-corrected chi connectivity index (χ3v) is 7.76. The zero-order valence-corrected chi connectivity index (χ0v) is 22.2. The number of amides is 2. The van der Waals surface area contributed by atoms with Gasteiger partial charge in [0.05, 0.1) is 31.0 Å². The Kier molecular flexibility index (Phi) is 6.53. The maximum atomic E-state index is 14.0. The molecule has 4 aliphatic heterocycles. The minimum Gasteiger partial charge on any atom is -0.465 e. The quantitative estimate of drug-likeness (QED) is 0.397. The standard InChI is InChI=1S/C30H32N2O7/c1-4-36-28(35)25-23-22(26(33)32(27(23)34)17-19-13-9-6-10-14-19)24(31(25)16-18-11-7-5-8-12-18)20-15-21-29(37-20)39-30(2,3)38-21/h5-15,21-25,29H,4,16-17H2,1-3H3/t21-,22?,23?,24-,25+,29-/m1/s1. The van der Waals surface area contributed by atoms with E-state index in [9.17, 15) is 14.4 Å². The molecule has 9 nitrogen and oxygen atoms in total. The van der Waals surface area contributed by atoms with Crippen molar-refractivity contribution in [2.45, 2.75) is 64.1 Å². The van der Waals surface area contributed by atoms with Crippen molar-refractivity contribution in [3.63, 3.8) is 0 Å². The largest absolute Gasteiger partial charge is 0.465 e. The van der Waals surface area contributed by atoms with E-state index in [0.29, 0.717) is 12.3 Å². The van der Waals surface area contributed by atoms with Crippen LogP contribution in [0.5, 0.6) is 0 Å². The van der Waals surface area contributed by atoms with Crippen LogP contribution < -0.4 is 0 Å². The van der Waals surface area contributed by atoms with E-state index in [2.05, 4.69) is 0 Å². The van der Waals surface area contributed by atoms with E-state index < -0.39 is 48.1 Å². The highest BCUT2D eigenvalue weighted by Gasteiger charge is 2.66. The van der Waals surface area contributed by atoms with Gasteiger partial charge in [0.1, 0.15) is 17.9 Å². The van der Waals surface area contributed by atoms with Gasteiger partial charge < -0.3 is 18.9 Å². The Morgan fingerprint density at radius 2 is 1.51 bits per heavy atom. The average molecular weight is 533 g/mol. The van der Waals surface area contributed by atoms with Crippen LogP contribution in [0.25, 0.3) is 0 Å². The number of hydrogen-bond acceptors (Lipinski definition) is 8. The van der Waals surface area contributed by atoms with Crippen LogP contribution in [0.4, 0.5) is 0 Å². The summed E-state index contributed by atoms with van der Waals surface area (Å²) in [5, 5.41) is 0. The molecule has 204 valence electrons. The van der Waals surface area contributed by atoms with Gasteiger partial charge in [-0.15, -0.1) is 0 Å². The molecule has 4 aliphatic rings. The monoisotopic (exact) mass is 532 g/mol. The molecule has 39 heavy (non-hydrogen) atoms. The van der Waals surface area contributed by atoms with Gasteiger partial charge >= 0.3 is 5.97 Å². The van der Waals surface area contributed by atoms with Crippen LogP contribution in [-0.4, -0.2) is 64.5 Å². The van der Waals surface area contributed by atoms with E-state index in [4.69, 9.17) is 18.9 Å². The third-order valence-electron chi connectivity index (χ3n) is 7.76. The zero-order valence-electron chi connectivity index (χ0n) is 22.2. The van der Waals surface area contributed by atoms with Gasteiger partial charge in [0.15, 0.2) is 5.79 Å². The first-order valence-corrected chi connectivity index (χ1v) is 13.4. The second kappa shape index (κ2) is 9.89.